The van der Waals surface area contributed by atoms with Crippen LogP contribution >= 0.6 is 11.3 Å². The van der Waals surface area contributed by atoms with Crippen LogP contribution in [0.5, 0.6) is 5.75 Å². The fourth-order valence-corrected chi connectivity index (χ4v) is 2.24. The van der Waals surface area contributed by atoms with Gasteiger partial charge in [0.05, 0.1) is 18.7 Å². The summed E-state index contributed by atoms with van der Waals surface area (Å²) in [6.45, 7) is 0. The molecule has 4 nitrogen and oxygen atoms in total. The van der Waals surface area contributed by atoms with E-state index >= 15 is 0 Å². The lowest BCUT2D eigenvalue weighted by Crippen LogP contribution is -2.28. The highest BCUT2D eigenvalue weighted by Gasteiger charge is 2.14. The van der Waals surface area contributed by atoms with Crippen LogP contribution in [0, 0.1) is 0 Å². The molecular formula is C11H13N3OS. The summed E-state index contributed by atoms with van der Waals surface area (Å²) in [5.74, 6) is 6.40. The number of hydrazine groups is 1. The lowest BCUT2D eigenvalue weighted by atomic mass is 10.1. The molecule has 2 rings (SSSR count). The Kier molecular flexibility index (Phi) is 3.51. The van der Waals surface area contributed by atoms with Gasteiger partial charge in [-0.25, -0.2) is 5.43 Å². The van der Waals surface area contributed by atoms with E-state index in [1.54, 1.807) is 24.0 Å². The third-order valence-corrected chi connectivity index (χ3v) is 3.17. The molecule has 0 amide bonds. The second kappa shape index (κ2) is 5.07. The maximum atomic E-state index is 5.58. The number of ether oxygens (including phenoxy) is 1. The van der Waals surface area contributed by atoms with Gasteiger partial charge in [-0.3, -0.25) is 10.8 Å². The number of nitrogens with zero attached hydrogens (tertiary/aromatic N) is 1. The van der Waals surface area contributed by atoms with E-state index in [2.05, 4.69) is 10.4 Å². The molecular weight excluding hydrogens is 222 g/mol. The number of hydrogen-bond acceptors (Lipinski definition) is 5. The molecule has 0 aliphatic carbocycles. The monoisotopic (exact) mass is 235 g/mol. The topological polar surface area (TPSA) is 60.2 Å². The fraction of sp³-hybridized carbons (Fsp3) is 0.182. The summed E-state index contributed by atoms with van der Waals surface area (Å²) in [6.07, 6.45) is 1.81. The number of nitrogens with one attached hydrogen (secondary N) is 1. The molecule has 2 aromatic rings. The van der Waals surface area contributed by atoms with Gasteiger partial charge in [-0.15, -0.1) is 11.3 Å². The normalized spacial score (nSPS) is 12.4. The number of hydrogen-bond donors (Lipinski definition) is 2. The SMILES string of the molecule is COc1cccc(C(NN)c2cncs2)c1. The number of thiazole rings is 1. The molecule has 0 fully saturated rings. The third kappa shape index (κ3) is 2.21. The molecule has 3 N–H and O–H groups in total. The van der Waals surface area contributed by atoms with Crippen molar-refractivity contribution in [1.82, 2.24) is 10.4 Å². The van der Waals surface area contributed by atoms with Gasteiger partial charge >= 0.3 is 0 Å². The Balaban J connectivity index is 2.33. The van der Waals surface area contributed by atoms with Crippen LogP contribution in [0.25, 0.3) is 0 Å². The van der Waals surface area contributed by atoms with E-state index in [9.17, 15) is 0 Å². The van der Waals surface area contributed by atoms with Crippen LogP contribution in [-0.2, 0) is 0 Å². The Bertz CT molecular complexity index is 444. The number of aromatic nitrogens is 1. The van der Waals surface area contributed by atoms with Crippen LogP contribution in [0.2, 0.25) is 0 Å². The molecule has 1 aromatic heterocycles. The van der Waals surface area contributed by atoms with Crippen LogP contribution in [-0.4, -0.2) is 12.1 Å². The van der Waals surface area contributed by atoms with Gasteiger partial charge in [0.2, 0.25) is 0 Å². The zero-order chi connectivity index (χ0) is 11.4. The number of nitrogens with two attached hydrogens (primary N) is 1. The highest BCUT2D eigenvalue weighted by molar-refractivity contribution is 7.09. The smallest absolute Gasteiger partial charge is 0.119 e. The van der Waals surface area contributed by atoms with E-state index in [1.165, 1.54) is 0 Å². The van der Waals surface area contributed by atoms with Crippen molar-refractivity contribution in [1.29, 1.82) is 0 Å². The minimum atomic E-state index is -0.0393. The first-order valence-corrected chi connectivity index (χ1v) is 5.71. The Labute approximate surface area is 98.1 Å². The largest absolute Gasteiger partial charge is 0.497 e. The Morgan fingerprint density at radius 2 is 2.38 bits per heavy atom. The number of rotatable bonds is 4. The van der Waals surface area contributed by atoms with Gasteiger partial charge < -0.3 is 4.74 Å². The Morgan fingerprint density at radius 3 is 3.00 bits per heavy atom. The van der Waals surface area contributed by atoms with E-state index in [-0.39, 0.29) is 6.04 Å². The van der Waals surface area contributed by atoms with Crippen molar-refractivity contribution < 1.29 is 4.74 Å². The molecule has 0 spiro atoms. The van der Waals surface area contributed by atoms with Gasteiger partial charge in [0.25, 0.3) is 0 Å². The first-order chi connectivity index (χ1) is 7.85. The average molecular weight is 235 g/mol. The van der Waals surface area contributed by atoms with Gasteiger partial charge in [-0.2, -0.15) is 0 Å². The summed E-state index contributed by atoms with van der Waals surface area (Å²) in [4.78, 5) is 5.13. The lowest BCUT2D eigenvalue weighted by molar-refractivity contribution is 0.413. The van der Waals surface area contributed by atoms with Gasteiger partial charge in [-0.05, 0) is 17.7 Å². The minimum absolute atomic E-state index is 0.0393. The molecule has 0 saturated heterocycles. The second-order valence-electron chi connectivity index (χ2n) is 3.28. The van der Waals surface area contributed by atoms with E-state index in [1.807, 2.05) is 30.5 Å². The van der Waals surface area contributed by atoms with Gasteiger partial charge in [0, 0.05) is 11.1 Å². The number of benzene rings is 1. The summed E-state index contributed by atoms with van der Waals surface area (Å²) in [5, 5.41) is 0. The molecule has 16 heavy (non-hydrogen) atoms. The van der Waals surface area contributed by atoms with Crippen molar-refractivity contribution in [3.63, 3.8) is 0 Å². The highest BCUT2D eigenvalue weighted by atomic mass is 32.1. The third-order valence-electron chi connectivity index (χ3n) is 2.33. The van der Waals surface area contributed by atoms with Crippen LogP contribution in [0.3, 0.4) is 0 Å². The molecule has 84 valence electrons. The first kappa shape index (κ1) is 11.1. The van der Waals surface area contributed by atoms with Crippen molar-refractivity contribution in [2.75, 3.05) is 7.11 Å². The van der Waals surface area contributed by atoms with Crippen LogP contribution < -0.4 is 16.0 Å². The highest BCUT2D eigenvalue weighted by Crippen LogP contribution is 2.26. The lowest BCUT2D eigenvalue weighted by Gasteiger charge is -2.14. The van der Waals surface area contributed by atoms with Crippen molar-refractivity contribution in [2.45, 2.75) is 6.04 Å². The summed E-state index contributed by atoms with van der Waals surface area (Å²) in [5.41, 5.74) is 5.64. The summed E-state index contributed by atoms with van der Waals surface area (Å²) in [7, 11) is 1.65. The quantitative estimate of drug-likeness (QED) is 0.625. The predicted octanol–water partition coefficient (Wildman–Crippen LogP) is 1.70. The summed E-state index contributed by atoms with van der Waals surface area (Å²) >= 11 is 1.57. The molecule has 1 atom stereocenters. The molecule has 1 heterocycles. The van der Waals surface area contributed by atoms with Gasteiger partial charge in [0.1, 0.15) is 5.75 Å². The average Bonchev–Trinajstić information content (AvgIpc) is 2.84. The van der Waals surface area contributed by atoms with E-state index in [4.69, 9.17) is 10.6 Å². The van der Waals surface area contributed by atoms with E-state index in [0.29, 0.717) is 0 Å². The molecule has 0 aliphatic rings. The molecule has 1 unspecified atom stereocenters. The zero-order valence-corrected chi connectivity index (χ0v) is 9.70. The Morgan fingerprint density at radius 1 is 1.50 bits per heavy atom. The maximum absolute atomic E-state index is 5.58. The van der Waals surface area contributed by atoms with Crippen molar-refractivity contribution in [3.8, 4) is 5.75 Å². The molecule has 0 radical (unpaired) electrons. The standard InChI is InChI=1S/C11H13N3OS/c1-15-9-4-2-3-8(5-9)11(14-12)10-6-13-7-16-10/h2-7,11,14H,12H2,1H3. The van der Waals surface area contributed by atoms with Crippen LogP contribution in [0.4, 0.5) is 0 Å². The predicted molar refractivity (Wildman–Crippen MR) is 64.3 cm³/mol. The summed E-state index contributed by atoms with van der Waals surface area (Å²) < 4.78 is 5.19. The fourth-order valence-electron chi connectivity index (χ4n) is 1.53. The molecule has 0 bridgehead atoms. The van der Waals surface area contributed by atoms with Crippen LogP contribution in [0.1, 0.15) is 16.5 Å². The maximum Gasteiger partial charge on any atom is 0.119 e. The first-order valence-electron chi connectivity index (χ1n) is 4.83. The van der Waals surface area contributed by atoms with Crippen molar-refractivity contribution in [3.05, 3.63) is 46.4 Å². The molecule has 0 saturated carbocycles. The number of methoxy groups -OCH3 is 1. The van der Waals surface area contributed by atoms with Gasteiger partial charge in [-0.1, -0.05) is 12.1 Å². The van der Waals surface area contributed by atoms with E-state index < -0.39 is 0 Å². The molecule has 5 heteroatoms. The molecule has 0 aliphatic heterocycles. The van der Waals surface area contributed by atoms with E-state index in [0.717, 1.165) is 16.2 Å². The van der Waals surface area contributed by atoms with Crippen molar-refractivity contribution in [2.24, 2.45) is 5.84 Å². The molecule has 1 aromatic carbocycles. The van der Waals surface area contributed by atoms with Crippen LogP contribution in [0.15, 0.2) is 36.0 Å². The minimum Gasteiger partial charge on any atom is -0.497 e. The summed E-state index contributed by atoms with van der Waals surface area (Å²) in [6, 6.07) is 7.78. The Hall–Kier alpha value is -1.43. The second-order valence-corrected chi connectivity index (χ2v) is 4.20. The zero-order valence-electron chi connectivity index (χ0n) is 8.88. The van der Waals surface area contributed by atoms with Crippen molar-refractivity contribution >= 4 is 11.3 Å². The van der Waals surface area contributed by atoms with Gasteiger partial charge in [0.15, 0.2) is 0 Å².